The minimum Gasteiger partial charge on any atom is -0.452 e. The van der Waals surface area contributed by atoms with Gasteiger partial charge in [-0.1, -0.05) is 18.2 Å². The molecule has 2 aliphatic rings. The molecule has 1 fully saturated rings. The van der Waals surface area contributed by atoms with Gasteiger partial charge in [-0.05, 0) is 33.8 Å². The number of benzene rings is 1. The molecule has 158 valence electrons. The Bertz CT molecular complexity index is 752. The topological polar surface area (TPSA) is 87.8 Å². The number of para-hydroxylation sites is 1. The Balaban J connectivity index is 1.83. The van der Waals surface area contributed by atoms with Gasteiger partial charge in [0.15, 0.2) is 13.1 Å². The maximum atomic E-state index is 6.29. The zero-order valence-electron chi connectivity index (χ0n) is 17.8. The average molecular weight is 403 g/mol. The van der Waals surface area contributed by atoms with Gasteiger partial charge in [-0.25, -0.2) is 0 Å². The van der Waals surface area contributed by atoms with Gasteiger partial charge in [-0.2, -0.15) is 0 Å². The van der Waals surface area contributed by atoms with Gasteiger partial charge in [0.2, 0.25) is 5.88 Å². The fourth-order valence-electron chi connectivity index (χ4n) is 3.03. The van der Waals surface area contributed by atoms with Crippen molar-refractivity contribution in [1.29, 1.82) is 0 Å². The lowest BCUT2D eigenvalue weighted by atomic mass is 9.77. The molecule has 0 radical (unpaired) electrons. The molecule has 2 aliphatic heterocycles. The molecule has 8 nitrogen and oxygen atoms in total. The van der Waals surface area contributed by atoms with Crippen molar-refractivity contribution in [2.75, 3.05) is 32.0 Å². The third-order valence-electron chi connectivity index (χ3n) is 5.38. The van der Waals surface area contributed by atoms with Crippen molar-refractivity contribution in [3.05, 3.63) is 36.2 Å². The number of methoxy groups -OCH3 is 1. The first-order valence-electron chi connectivity index (χ1n) is 9.69. The van der Waals surface area contributed by atoms with E-state index < -0.39 is 24.6 Å². The van der Waals surface area contributed by atoms with Gasteiger partial charge in [0.05, 0.1) is 24.4 Å². The van der Waals surface area contributed by atoms with Crippen molar-refractivity contribution in [2.24, 2.45) is 10.7 Å². The van der Waals surface area contributed by atoms with Crippen LogP contribution in [0.5, 0.6) is 0 Å². The van der Waals surface area contributed by atoms with Crippen molar-refractivity contribution < 1.29 is 23.5 Å². The van der Waals surface area contributed by atoms with Crippen molar-refractivity contribution in [3.8, 4) is 0 Å². The Morgan fingerprint density at radius 2 is 1.83 bits per heavy atom. The second-order valence-corrected chi connectivity index (χ2v) is 7.90. The van der Waals surface area contributed by atoms with E-state index in [1.54, 1.807) is 24.3 Å². The first-order valence-corrected chi connectivity index (χ1v) is 9.69. The number of allylic oxidation sites excluding steroid dienone is 1. The van der Waals surface area contributed by atoms with Crippen molar-refractivity contribution >= 4 is 24.5 Å². The summed E-state index contributed by atoms with van der Waals surface area (Å²) in [4.78, 5) is 6.11. The maximum Gasteiger partial charge on any atom is 0.496 e. The molecule has 1 saturated heterocycles. The summed E-state index contributed by atoms with van der Waals surface area (Å²) in [5, 5.41) is 0. The molecule has 2 N–H and O–H groups in total. The first kappa shape index (κ1) is 21.8. The highest BCUT2D eigenvalue weighted by Gasteiger charge is 2.52. The van der Waals surface area contributed by atoms with Crippen LogP contribution in [0, 0.1) is 0 Å². The van der Waals surface area contributed by atoms with E-state index in [0.717, 1.165) is 11.2 Å². The quantitative estimate of drug-likeness (QED) is 0.401. The van der Waals surface area contributed by atoms with Gasteiger partial charge in [-0.15, -0.1) is 0 Å². The zero-order chi connectivity index (χ0) is 21.1. The summed E-state index contributed by atoms with van der Waals surface area (Å²) in [5.74, 6) is 0.536. The van der Waals surface area contributed by atoms with Crippen LogP contribution in [0.3, 0.4) is 0 Å². The summed E-state index contributed by atoms with van der Waals surface area (Å²) in [6.45, 7) is 9.12. The summed E-state index contributed by atoms with van der Waals surface area (Å²) >= 11 is 0. The van der Waals surface area contributed by atoms with Crippen LogP contribution in [0.4, 0.5) is 5.69 Å². The summed E-state index contributed by atoms with van der Waals surface area (Å²) in [6.07, 6.45) is 2.74. The van der Waals surface area contributed by atoms with Gasteiger partial charge in [0, 0.05) is 30.6 Å². The van der Waals surface area contributed by atoms with Crippen LogP contribution in [-0.2, 0) is 23.5 Å². The van der Waals surface area contributed by atoms with E-state index in [1.165, 1.54) is 0 Å². The fourth-order valence-corrected chi connectivity index (χ4v) is 3.03. The number of nitrogens with zero attached hydrogens (tertiary/aromatic N) is 2. The number of aliphatic imine (C=N–C) groups is 1. The summed E-state index contributed by atoms with van der Waals surface area (Å²) in [7, 11) is 1.09. The van der Waals surface area contributed by atoms with Crippen LogP contribution < -0.4 is 16.1 Å². The molecule has 0 spiro atoms. The normalized spacial score (nSPS) is 22.7. The highest BCUT2D eigenvalue weighted by molar-refractivity contribution is 6.64. The molecule has 1 aromatic rings. The predicted octanol–water partition coefficient (Wildman–Crippen LogP) is 1.60. The lowest BCUT2D eigenvalue weighted by Gasteiger charge is -2.33. The van der Waals surface area contributed by atoms with Crippen molar-refractivity contribution in [1.82, 2.24) is 0 Å². The molecule has 0 saturated carbocycles. The molecule has 0 aromatic heterocycles. The standard InChI is InChI=1S/C20H30BN3O5/c1-19(2)20(3,4)29-21(28-19)15-8-6-7-9-16(15)24-17(10-11-23-18(24)22)27-14-26-13-12-25-5/h6-11,18H,12-14,22H2,1-5H3. The smallest absolute Gasteiger partial charge is 0.452 e. The Hall–Kier alpha value is -1.91. The van der Waals surface area contributed by atoms with Gasteiger partial charge in [-0.3, -0.25) is 15.6 Å². The molecule has 1 atom stereocenters. The van der Waals surface area contributed by atoms with E-state index in [0.29, 0.717) is 19.1 Å². The Labute approximate surface area is 172 Å². The SMILES string of the molecule is COCCOCOC1=CC=NC(N)N1c1ccccc1B1OC(C)(C)C(C)(C)O1. The fraction of sp³-hybridized carbons (Fsp3) is 0.550. The molecule has 0 aliphatic carbocycles. The summed E-state index contributed by atoms with van der Waals surface area (Å²) in [6, 6.07) is 7.79. The average Bonchev–Trinajstić information content (AvgIpc) is 2.89. The number of anilines is 1. The van der Waals surface area contributed by atoms with Gasteiger partial charge in [0.1, 0.15) is 0 Å². The van der Waals surface area contributed by atoms with Crippen LogP contribution in [0.25, 0.3) is 0 Å². The zero-order valence-corrected chi connectivity index (χ0v) is 17.8. The maximum absolute atomic E-state index is 6.29. The predicted molar refractivity (Wildman–Crippen MR) is 113 cm³/mol. The van der Waals surface area contributed by atoms with Crippen LogP contribution >= 0.6 is 0 Å². The second-order valence-electron chi connectivity index (χ2n) is 7.90. The van der Waals surface area contributed by atoms with E-state index in [4.69, 9.17) is 29.3 Å². The minimum atomic E-state index is -0.641. The molecule has 1 unspecified atom stereocenters. The van der Waals surface area contributed by atoms with Gasteiger partial charge >= 0.3 is 7.12 Å². The molecular weight excluding hydrogens is 373 g/mol. The largest absolute Gasteiger partial charge is 0.496 e. The number of hydrogen-bond acceptors (Lipinski definition) is 8. The second kappa shape index (κ2) is 8.85. The van der Waals surface area contributed by atoms with E-state index in [2.05, 4.69) is 4.99 Å². The number of hydrogen-bond donors (Lipinski definition) is 1. The van der Waals surface area contributed by atoms with Gasteiger partial charge in [0.25, 0.3) is 0 Å². The highest BCUT2D eigenvalue weighted by Crippen LogP contribution is 2.37. The van der Waals surface area contributed by atoms with E-state index >= 15 is 0 Å². The van der Waals surface area contributed by atoms with E-state index in [-0.39, 0.29) is 6.79 Å². The summed E-state index contributed by atoms with van der Waals surface area (Å²) in [5.41, 5.74) is 7.06. The summed E-state index contributed by atoms with van der Waals surface area (Å²) < 4.78 is 28.7. The van der Waals surface area contributed by atoms with E-state index in [1.807, 2.05) is 52.0 Å². The van der Waals surface area contributed by atoms with Crippen LogP contribution in [0.2, 0.25) is 0 Å². The lowest BCUT2D eigenvalue weighted by molar-refractivity contribution is -0.0417. The Kier molecular flexibility index (Phi) is 6.65. The lowest BCUT2D eigenvalue weighted by Crippen LogP contribution is -2.47. The highest BCUT2D eigenvalue weighted by atomic mass is 16.7. The minimum absolute atomic E-state index is 0.0743. The van der Waals surface area contributed by atoms with Crippen molar-refractivity contribution in [2.45, 2.75) is 45.2 Å². The first-order chi connectivity index (χ1) is 13.8. The molecule has 3 rings (SSSR count). The monoisotopic (exact) mass is 403 g/mol. The van der Waals surface area contributed by atoms with Crippen molar-refractivity contribution in [3.63, 3.8) is 0 Å². The molecule has 1 aromatic carbocycles. The van der Waals surface area contributed by atoms with Crippen LogP contribution in [0.15, 0.2) is 41.2 Å². The molecule has 9 heteroatoms. The Morgan fingerprint density at radius 1 is 1.14 bits per heavy atom. The number of ether oxygens (including phenoxy) is 3. The molecule has 0 bridgehead atoms. The van der Waals surface area contributed by atoms with Crippen LogP contribution in [0.1, 0.15) is 27.7 Å². The van der Waals surface area contributed by atoms with E-state index in [9.17, 15) is 0 Å². The molecular formula is C20H30BN3O5. The molecule has 0 amide bonds. The molecule has 2 heterocycles. The molecule has 29 heavy (non-hydrogen) atoms. The third-order valence-corrected chi connectivity index (χ3v) is 5.38. The van der Waals surface area contributed by atoms with Gasteiger partial charge < -0.3 is 23.5 Å². The Morgan fingerprint density at radius 3 is 2.52 bits per heavy atom. The number of nitrogens with two attached hydrogens (primary N) is 1. The van der Waals surface area contributed by atoms with Crippen LogP contribution in [-0.4, -0.2) is 57.9 Å². The number of rotatable bonds is 8. The third kappa shape index (κ3) is 4.65.